The minimum Gasteiger partial charge on any atom is -0.465 e. The molecule has 0 heterocycles. The lowest BCUT2D eigenvalue weighted by molar-refractivity contribution is -0.152. The topological polar surface area (TPSA) is 43.4 Å². The van der Waals surface area contributed by atoms with Gasteiger partial charge in [0.05, 0.1) is 6.61 Å². The molecule has 2 rings (SSSR count). The van der Waals surface area contributed by atoms with E-state index in [1.807, 2.05) is 0 Å². The lowest BCUT2D eigenvalue weighted by atomic mass is 9.82. The van der Waals surface area contributed by atoms with Crippen LogP contribution in [0.1, 0.15) is 45.4 Å². The van der Waals surface area contributed by atoms with E-state index in [1.54, 1.807) is 6.92 Å². The third-order valence-corrected chi connectivity index (χ3v) is 3.83. The van der Waals surface area contributed by atoms with Crippen molar-refractivity contribution in [2.75, 3.05) is 6.61 Å². The standard InChI is InChI=1S/C14H20O3/c1-2-17-14(16)12-9-11-6-4-3-5-10(11)7-8-13(12)15/h5,11-12H,2-4,6-9H2,1H3/t11-,12?/m0/s1. The number of esters is 1. The third kappa shape index (κ3) is 2.76. The van der Waals surface area contributed by atoms with E-state index in [1.165, 1.54) is 12.0 Å². The molecule has 1 fully saturated rings. The minimum absolute atomic E-state index is 0.0683. The molecular formula is C14H20O3. The molecule has 0 aliphatic heterocycles. The molecule has 94 valence electrons. The van der Waals surface area contributed by atoms with E-state index in [-0.39, 0.29) is 11.8 Å². The number of hydrogen-bond acceptors (Lipinski definition) is 3. The molecule has 1 unspecified atom stereocenters. The number of Topliss-reactive ketones (excluding diaryl/α,β-unsaturated/α-hetero) is 1. The quantitative estimate of drug-likeness (QED) is 0.420. The number of ketones is 1. The first-order chi connectivity index (χ1) is 8.22. The van der Waals surface area contributed by atoms with E-state index < -0.39 is 5.92 Å². The van der Waals surface area contributed by atoms with Crippen LogP contribution in [-0.4, -0.2) is 18.4 Å². The molecule has 0 aromatic heterocycles. The van der Waals surface area contributed by atoms with Gasteiger partial charge in [0.1, 0.15) is 11.7 Å². The molecule has 1 saturated carbocycles. The summed E-state index contributed by atoms with van der Waals surface area (Å²) >= 11 is 0. The molecule has 3 nitrogen and oxygen atoms in total. The zero-order valence-corrected chi connectivity index (χ0v) is 10.4. The van der Waals surface area contributed by atoms with Gasteiger partial charge in [-0.2, -0.15) is 0 Å². The lowest BCUT2D eigenvalue weighted by Gasteiger charge is -2.23. The van der Waals surface area contributed by atoms with Gasteiger partial charge in [0.15, 0.2) is 0 Å². The highest BCUT2D eigenvalue weighted by atomic mass is 16.5. The zero-order chi connectivity index (χ0) is 12.3. The molecule has 3 heteroatoms. The summed E-state index contributed by atoms with van der Waals surface area (Å²) in [5.41, 5.74) is 1.40. The summed E-state index contributed by atoms with van der Waals surface area (Å²) in [5.74, 6) is -0.323. The second-order valence-electron chi connectivity index (χ2n) is 4.91. The van der Waals surface area contributed by atoms with E-state index in [0.29, 0.717) is 25.4 Å². The fourth-order valence-corrected chi connectivity index (χ4v) is 2.91. The van der Waals surface area contributed by atoms with Gasteiger partial charge in [-0.05, 0) is 44.9 Å². The number of allylic oxidation sites excluding steroid dienone is 2. The number of carbonyl (C=O) groups excluding carboxylic acids is 2. The maximum atomic E-state index is 11.9. The third-order valence-electron chi connectivity index (χ3n) is 3.83. The summed E-state index contributed by atoms with van der Waals surface area (Å²) in [4.78, 5) is 23.7. The average molecular weight is 236 g/mol. The summed E-state index contributed by atoms with van der Waals surface area (Å²) in [6, 6.07) is 0. The second kappa shape index (κ2) is 5.48. The molecule has 17 heavy (non-hydrogen) atoms. The van der Waals surface area contributed by atoms with Crippen LogP contribution in [0.5, 0.6) is 0 Å². The van der Waals surface area contributed by atoms with Gasteiger partial charge in [-0.15, -0.1) is 0 Å². The van der Waals surface area contributed by atoms with E-state index >= 15 is 0 Å². The summed E-state index contributed by atoms with van der Waals surface area (Å²) in [7, 11) is 0. The fraction of sp³-hybridized carbons (Fsp3) is 0.714. The number of carbonyl (C=O) groups is 2. The molecule has 0 bridgehead atoms. The van der Waals surface area contributed by atoms with Crippen molar-refractivity contribution in [3.63, 3.8) is 0 Å². The molecule has 0 spiro atoms. The highest BCUT2D eigenvalue weighted by molar-refractivity contribution is 5.99. The van der Waals surface area contributed by atoms with Crippen LogP contribution in [0.25, 0.3) is 0 Å². The monoisotopic (exact) mass is 236 g/mol. The van der Waals surface area contributed by atoms with Crippen molar-refractivity contribution in [3.05, 3.63) is 11.6 Å². The van der Waals surface area contributed by atoms with Crippen molar-refractivity contribution in [1.29, 1.82) is 0 Å². The number of ether oxygens (including phenoxy) is 1. The molecular weight excluding hydrogens is 216 g/mol. The smallest absolute Gasteiger partial charge is 0.316 e. The molecule has 2 aliphatic rings. The van der Waals surface area contributed by atoms with Crippen molar-refractivity contribution < 1.29 is 14.3 Å². The summed E-state index contributed by atoms with van der Waals surface area (Å²) in [6.45, 7) is 2.14. The van der Waals surface area contributed by atoms with Crippen LogP contribution in [-0.2, 0) is 14.3 Å². The molecule has 0 N–H and O–H groups in total. The van der Waals surface area contributed by atoms with Gasteiger partial charge in [0.2, 0.25) is 0 Å². The van der Waals surface area contributed by atoms with Crippen molar-refractivity contribution in [2.24, 2.45) is 11.8 Å². The van der Waals surface area contributed by atoms with Gasteiger partial charge in [-0.3, -0.25) is 9.59 Å². The second-order valence-corrected chi connectivity index (χ2v) is 4.91. The van der Waals surface area contributed by atoms with E-state index in [9.17, 15) is 9.59 Å². The predicted molar refractivity (Wildman–Crippen MR) is 64.4 cm³/mol. The molecule has 0 saturated heterocycles. The van der Waals surface area contributed by atoms with Crippen LogP contribution in [0.2, 0.25) is 0 Å². The Hall–Kier alpha value is -1.12. The van der Waals surface area contributed by atoms with Gasteiger partial charge in [0.25, 0.3) is 0 Å². The van der Waals surface area contributed by atoms with Crippen molar-refractivity contribution in [2.45, 2.75) is 45.4 Å². The van der Waals surface area contributed by atoms with E-state index in [0.717, 1.165) is 19.3 Å². The van der Waals surface area contributed by atoms with E-state index in [4.69, 9.17) is 4.74 Å². The van der Waals surface area contributed by atoms with Gasteiger partial charge in [-0.25, -0.2) is 0 Å². The first-order valence-electron chi connectivity index (χ1n) is 6.60. The van der Waals surface area contributed by atoms with Crippen molar-refractivity contribution in [3.8, 4) is 0 Å². The summed E-state index contributed by atoms with van der Waals surface area (Å²) in [5, 5.41) is 0. The lowest BCUT2D eigenvalue weighted by Crippen LogP contribution is -2.27. The van der Waals surface area contributed by atoms with Gasteiger partial charge in [0, 0.05) is 6.42 Å². The van der Waals surface area contributed by atoms with Crippen LogP contribution < -0.4 is 0 Å². The first-order valence-corrected chi connectivity index (χ1v) is 6.60. The maximum Gasteiger partial charge on any atom is 0.316 e. The van der Waals surface area contributed by atoms with Crippen molar-refractivity contribution in [1.82, 2.24) is 0 Å². The Morgan fingerprint density at radius 1 is 1.47 bits per heavy atom. The van der Waals surface area contributed by atoms with Gasteiger partial charge < -0.3 is 4.74 Å². The molecule has 2 atom stereocenters. The molecule has 0 aromatic carbocycles. The normalized spacial score (nSPS) is 29.0. The van der Waals surface area contributed by atoms with Gasteiger partial charge in [-0.1, -0.05) is 11.6 Å². The molecule has 0 aromatic rings. The zero-order valence-electron chi connectivity index (χ0n) is 10.4. The predicted octanol–water partition coefficient (Wildman–Crippen LogP) is 2.65. The Morgan fingerprint density at radius 3 is 3.06 bits per heavy atom. The Balaban J connectivity index is 2.11. The molecule has 0 radical (unpaired) electrons. The Bertz CT molecular complexity index is 343. The van der Waals surface area contributed by atoms with Crippen LogP contribution in [0, 0.1) is 11.8 Å². The Labute approximate surface area is 102 Å². The highest BCUT2D eigenvalue weighted by Crippen LogP contribution is 2.36. The average Bonchev–Trinajstić information content (AvgIpc) is 2.50. The number of fused-ring (bicyclic) bond motifs is 1. The largest absolute Gasteiger partial charge is 0.465 e. The summed E-state index contributed by atoms with van der Waals surface area (Å²) in [6.07, 6.45) is 7.72. The minimum atomic E-state index is -0.510. The maximum absolute atomic E-state index is 11.9. The van der Waals surface area contributed by atoms with Crippen molar-refractivity contribution >= 4 is 11.8 Å². The Kier molecular flexibility index (Phi) is 3.97. The Morgan fingerprint density at radius 2 is 2.29 bits per heavy atom. The molecule has 0 amide bonds. The molecule has 2 aliphatic carbocycles. The van der Waals surface area contributed by atoms with Crippen LogP contribution in [0.3, 0.4) is 0 Å². The van der Waals surface area contributed by atoms with Crippen LogP contribution in [0.15, 0.2) is 11.6 Å². The van der Waals surface area contributed by atoms with E-state index in [2.05, 4.69) is 6.08 Å². The first kappa shape index (κ1) is 12.3. The van der Waals surface area contributed by atoms with Crippen LogP contribution >= 0.6 is 0 Å². The SMILES string of the molecule is CCOC(=O)C1C[C@@H]2CCCC=C2CCC1=O. The number of rotatable bonds is 2. The fourth-order valence-electron chi connectivity index (χ4n) is 2.91. The van der Waals surface area contributed by atoms with Gasteiger partial charge >= 0.3 is 5.97 Å². The van der Waals surface area contributed by atoms with Crippen LogP contribution in [0.4, 0.5) is 0 Å². The number of hydrogen-bond donors (Lipinski definition) is 0. The highest BCUT2D eigenvalue weighted by Gasteiger charge is 2.35. The summed E-state index contributed by atoms with van der Waals surface area (Å²) < 4.78 is 5.01.